The molecular formula is C55H43Cl2N9O2. The highest BCUT2D eigenvalue weighted by Gasteiger charge is 2.23. The molecule has 10 aromatic rings. The summed E-state index contributed by atoms with van der Waals surface area (Å²) in [6, 6.07) is 37.6. The Hall–Kier alpha value is -7.44. The first-order valence-electron chi connectivity index (χ1n) is 22.9. The number of hydrogen-bond donors (Lipinski definition) is 2. The number of halogens is 2. The van der Waals surface area contributed by atoms with Crippen LogP contribution in [0.4, 0.5) is 11.5 Å². The van der Waals surface area contributed by atoms with E-state index in [0.717, 1.165) is 119 Å². The molecule has 8 heterocycles. The highest BCUT2D eigenvalue weighted by Crippen LogP contribution is 2.40. The summed E-state index contributed by atoms with van der Waals surface area (Å²) >= 11 is 14.0. The highest BCUT2D eigenvalue weighted by atomic mass is 35.5. The van der Waals surface area contributed by atoms with Crippen molar-refractivity contribution in [3.63, 3.8) is 0 Å². The summed E-state index contributed by atoms with van der Waals surface area (Å²) in [5.41, 5.74) is 11.0. The van der Waals surface area contributed by atoms with Crippen molar-refractivity contribution >= 4 is 78.6 Å². The minimum atomic E-state index is -0.107. The maximum Gasteiger partial charge on any atom is 0.214 e. The minimum Gasteiger partial charge on any atom is -0.367 e. The highest BCUT2D eigenvalue weighted by molar-refractivity contribution is 6.36. The molecule has 0 radical (unpaired) electrons. The zero-order valence-corrected chi connectivity index (χ0v) is 38.6. The molecule has 0 saturated carbocycles. The van der Waals surface area contributed by atoms with Gasteiger partial charge < -0.3 is 24.7 Å². The lowest BCUT2D eigenvalue weighted by molar-refractivity contribution is 0.312. The van der Waals surface area contributed by atoms with Crippen LogP contribution in [0.3, 0.4) is 0 Å². The molecule has 4 aromatic carbocycles. The van der Waals surface area contributed by atoms with Gasteiger partial charge in [0, 0.05) is 103 Å². The molecule has 0 bridgehead atoms. The zero-order chi connectivity index (χ0) is 46.0. The monoisotopic (exact) mass is 931 g/mol. The number of nitrogens with one attached hydrogen (secondary N) is 2. The number of anilines is 2. The quantitative estimate of drug-likeness (QED) is 0.161. The second-order valence-electron chi connectivity index (χ2n) is 17.8. The van der Waals surface area contributed by atoms with Gasteiger partial charge in [-0.3, -0.25) is 19.6 Å². The van der Waals surface area contributed by atoms with Crippen molar-refractivity contribution in [1.82, 2.24) is 34.8 Å². The van der Waals surface area contributed by atoms with Gasteiger partial charge in [-0.05, 0) is 91.2 Å². The number of rotatable bonds is 7. The molecule has 2 fully saturated rings. The molecule has 11 nitrogen and oxygen atoms in total. The van der Waals surface area contributed by atoms with E-state index in [9.17, 15) is 9.59 Å². The lowest BCUT2D eigenvalue weighted by atomic mass is 9.94. The van der Waals surface area contributed by atoms with Crippen LogP contribution in [-0.2, 0) is 0 Å². The van der Waals surface area contributed by atoms with Crippen molar-refractivity contribution in [2.24, 2.45) is 0 Å². The average Bonchev–Trinajstić information content (AvgIpc) is 3.91. The van der Waals surface area contributed by atoms with Crippen LogP contribution < -0.4 is 20.7 Å². The third-order valence-corrected chi connectivity index (χ3v) is 14.0. The van der Waals surface area contributed by atoms with E-state index in [1.165, 1.54) is 0 Å². The molecule has 334 valence electrons. The lowest BCUT2D eigenvalue weighted by Gasteiger charge is -2.33. The summed E-state index contributed by atoms with van der Waals surface area (Å²) in [5.74, 6) is 0.754. The Bertz CT molecular complexity index is 3770. The van der Waals surface area contributed by atoms with Crippen LogP contribution in [0.2, 0.25) is 10.0 Å². The van der Waals surface area contributed by atoms with Gasteiger partial charge in [0.25, 0.3) is 0 Å². The van der Waals surface area contributed by atoms with Crippen molar-refractivity contribution in [2.75, 3.05) is 56.1 Å². The van der Waals surface area contributed by atoms with Gasteiger partial charge in [-0.2, -0.15) is 0 Å². The Morgan fingerprint density at radius 3 is 2.00 bits per heavy atom. The van der Waals surface area contributed by atoms with Gasteiger partial charge in [0.2, 0.25) is 5.43 Å². The standard InChI is InChI=1S/C55H43Cl2N9O2/c1-64-17-19-66(20-18-64)48-29-47(67)42-27-40(36-22-35-13-8-14-58-51(35)44(56)25-36)50(63-55(42)61-48)34-12-7-11-33(21-34)39-24-38-23-37(26-45(57)52(38)59-30-39)41-28-43-53(68)46(65-15-5-6-16-65)31-60-54(43)62-49(41)32-9-3-2-4-10-32/h2-4,7-14,21-31H,5-6,15-20H2,1H3,(H,60,62,68)(H,61,63,67). The van der Waals surface area contributed by atoms with Crippen LogP contribution >= 0.6 is 23.2 Å². The van der Waals surface area contributed by atoms with Gasteiger partial charge in [-0.25, -0.2) is 9.97 Å². The third-order valence-electron chi connectivity index (χ3n) is 13.5. The fraction of sp³-hybridized carbons (Fsp3) is 0.164. The third kappa shape index (κ3) is 7.53. The molecule has 2 aliphatic rings. The van der Waals surface area contributed by atoms with Gasteiger partial charge in [0.15, 0.2) is 5.43 Å². The average molecular weight is 933 g/mol. The number of aromatic amines is 2. The van der Waals surface area contributed by atoms with Crippen molar-refractivity contribution in [3.8, 4) is 55.9 Å². The van der Waals surface area contributed by atoms with E-state index in [1.807, 2.05) is 91.1 Å². The Balaban J connectivity index is 0.996. The molecule has 0 amide bonds. The van der Waals surface area contributed by atoms with Gasteiger partial charge >= 0.3 is 0 Å². The molecule has 0 aliphatic carbocycles. The Morgan fingerprint density at radius 1 is 0.559 bits per heavy atom. The fourth-order valence-corrected chi connectivity index (χ4v) is 10.4. The number of hydrogen-bond acceptors (Lipinski definition) is 9. The largest absolute Gasteiger partial charge is 0.367 e. The Labute approximate surface area is 400 Å². The summed E-state index contributed by atoms with van der Waals surface area (Å²) in [5, 5.41) is 3.70. The summed E-state index contributed by atoms with van der Waals surface area (Å²) in [7, 11) is 2.11. The van der Waals surface area contributed by atoms with E-state index in [-0.39, 0.29) is 10.9 Å². The first-order chi connectivity index (χ1) is 33.2. The number of aromatic nitrogens is 6. The molecular weight excluding hydrogens is 890 g/mol. The molecule has 68 heavy (non-hydrogen) atoms. The number of fused-ring (bicyclic) bond motifs is 4. The van der Waals surface area contributed by atoms with E-state index < -0.39 is 0 Å². The second kappa shape index (κ2) is 17.0. The van der Waals surface area contributed by atoms with Crippen molar-refractivity contribution in [1.29, 1.82) is 0 Å². The number of likely N-dealkylation sites (N-methyl/N-ethyl adjacent to an activating group) is 1. The van der Waals surface area contributed by atoms with Crippen molar-refractivity contribution in [2.45, 2.75) is 12.8 Å². The van der Waals surface area contributed by atoms with E-state index in [2.05, 4.69) is 61.0 Å². The Kier molecular flexibility index (Phi) is 10.5. The van der Waals surface area contributed by atoms with Gasteiger partial charge in [0.05, 0.1) is 43.2 Å². The van der Waals surface area contributed by atoms with Gasteiger partial charge in [0.1, 0.15) is 22.8 Å². The fourth-order valence-electron chi connectivity index (χ4n) is 9.85. The lowest BCUT2D eigenvalue weighted by Crippen LogP contribution is -2.45. The molecule has 2 aliphatic heterocycles. The SMILES string of the molecule is CN1CCN(c2cc(=O)c3cc(-c4cc(Cl)c5ncccc5c4)c(-c4cccc(-c5cnc6c(Cl)cc(-c7cc8c(=O)c(N9CCCC9)c[nH]c8nc7-c7ccccc7)cc6c5)c4)nc3[nH]2)CC1. The summed E-state index contributed by atoms with van der Waals surface area (Å²) in [4.78, 5) is 61.4. The summed E-state index contributed by atoms with van der Waals surface area (Å²) < 4.78 is 0. The molecule has 0 atom stereocenters. The van der Waals surface area contributed by atoms with Crippen LogP contribution in [-0.4, -0.2) is 81.1 Å². The van der Waals surface area contributed by atoms with E-state index in [1.54, 1.807) is 18.5 Å². The Morgan fingerprint density at radius 2 is 1.22 bits per heavy atom. The summed E-state index contributed by atoms with van der Waals surface area (Å²) in [6.45, 7) is 5.10. The number of nitrogens with zero attached hydrogens (tertiary/aromatic N) is 7. The van der Waals surface area contributed by atoms with Crippen LogP contribution in [0.25, 0.3) is 99.8 Å². The molecule has 2 N–H and O–H groups in total. The number of piperazine rings is 1. The van der Waals surface area contributed by atoms with Crippen LogP contribution in [0, 0.1) is 0 Å². The smallest absolute Gasteiger partial charge is 0.214 e. The van der Waals surface area contributed by atoms with Crippen LogP contribution in [0.5, 0.6) is 0 Å². The number of pyridine rings is 6. The molecule has 6 aromatic heterocycles. The predicted molar refractivity (Wildman–Crippen MR) is 277 cm³/mol. The minimum absolute atomic E-state index is 0.0451. The number of H-pyrrole nitrogens is 2. The topological polar surface area (TPSA) is 127 Å². The van der Waals surface area contributed by atoms with Crippen LogP contribution in [0.15, 0.2) is 143 Å². The first kappa shape index (κ1) is 42.0. The molecule has 0 unspecified atom stereocenters. The van der Waals surface area contributed by atoms with E-state index >= 15 is 0 Å². The normalized spacial score (nSPS) is 14.5. The van der Waals surface area contributed by atoms with Crippen molar-refractivity contribution < 1.29 is 0 Å². The molecule has 2 saturated heterocycles. The van der Waals surface area contributed by atoms with E-state index in [0.29, 0.717) is 54.5 Å². The second-order valence-corrected chi connectivity index (χ2v) is 18.6. The van der Waals surface area contributed by atoms with Gasteiger partial charge in [-0.1, -0.05) is 77.8 Å². The number of benzene rings is 4. The molecule has 0 spiro atoms. The zero-order valence-electron chi connectivity index (χ0n) is 37.1. The predicted octanol–water partition coefficient (Wildman–Crippen LogP) is 11.2. The molecule has 13 heteroatoms. The van der Waals surface area contributed by atoms with Gasteiger partial charge in [-0.15, -0.1) is 0 Å². The van der Waals surface area contributed by atoms with E-state index in [4.69, 9.17) is 38.2 Å². The van der Waals surface area contributed by atoms with Crippen LogP contribution in [0.1, 0.15) is 12.8 Å². The first-order valence-corrected chi connectivity index (χ1v) is 23.6. The van der Waals surface area contributed by atoms with Crippen molar-refractivity contribution in [3.05, 3.63) is 164 Å². The summed E-state index contributed by atoms with van der Waals surface area (Å²) in [6.07, 6.45) is 7.48. The maximum atomic E-state index is 14.1. The molecule has 12 rings (SSSR count). The maximum absolute atomic E-state index is 14.1.